The first kappa shape index (κ1) is 24.1. The summed E-state index contributed by atoms with van der Waals surface area (Å²) in [6, 6.07) is 28.5. The van der Waals surface area contributed by atoms with Crippen LogP contribution in [0.4, 0.5) is 0 Å². The van der Waals surface area contributed by atoms with E-state index in [2.05, 4.69) is 69.3 Å². The molecule has 1 atom stereocenters. The zero-order valence-corrected chi connectivity index (χ0v) is 20.5. The Balaban J connectivity index is 0.00000149. The molecule has 2 N–H and O–H groups in total. The van der Waals surface area contributed by atoms with Crippen LogP contribution in [0.3, 0.4) is 0 Å². The molecular weight excluding hydrogens is 404 g/mol. The van der Waals surface area contributed by atoms with E-state index in [9.17, 15) is 10.2 Å². The maximum Gasteiger partial charge on any atom is 0.118 e. The smallest absolute Gasteiger partial charge is 0.118 e. The molecule has 33 heavy (non-hydrogen) atoms. The summed E-state index contributed by atoms with van der Waals surface area (Å²) in [5.41, 5.74) is 8.06. The Morgan fingerprint density at radius 3 is 1.45 bits per heavy atom. The normalized spacial score (nSPS) is 12.4. The van der Waals surface area contributed by atoms with Crippen molar-refractivity contribution in [3.05, 3.63) is 129 Å². The Morgan fingerprint density at radius 2 is 0.939 bits per heavy atom. The fraction of sp³-hybridized carbons (Fsp3) is 0.226. The number of rotatable bonds is 4. The van der Waals surface area contributed by atoms with Crippen LogP contribution in [0.2, 0.25) is 0 Å². The lowest BCUT2D eigenvalue weighted by Gasteiger charge is -2.37. The van der Waals surface area contributed by atoms with Crippen molar-refractivity contribution < 1.29 is 10.2 Å². The van der Waals surface area contributed by atoms with E-state index in [1.165, 1.54) is 16.7 Å². The average Bonchev–Trinajstić information content (AvgIpc) is 2.82. The average molecular weight is 439 g/mol. The van der Waals surface area contributed by atoms with Gasteiger partial charge < -0.3 is 10.2 Å². The van der Waals surface area contributed by atoms with Gasteiger partial charge >= 0.3 is 0 Å². The minimum Gasteiger partial charge on any atom is -0.508 e. The second-order valence-electron chi connectivity index (χ2n) is 8.46. The molecule has 0 aliphatic carbocycles. The van der Waals surface area contributed by atoms with Crippen molar-refractivity contribution in [3.8, 4) is 11.5 Å². The maximum atomic E-state index is 10.7. The molecule has 0 aromatic heterocycles. The number of hydrogen-bond acceptors (Lipinski definition) is 2. The Bertz CT molecular complexity index is 1120. The van der Waals surface area contributed by atoms with E-state index in [-0.39, 0.29) is 11.5 Å². The fourth-order valence-corrected chi connectivity index (χ4v) is 4.33. The van der Waals surface area contributed by atoms with Crippen molar-refractivity contribution in [3.63, 3.8) is 0 Å². The third-order valence-corrected chi connectivity index (χ3v) is 6.37. The third kappa shape index (κ3) is 4.52. The quantitative estimate of drug-likeness (QED) is 0.320. The highest BCUT2D eigenvalue weighted by atomic mass is 16.3. The van der Waals surface area contributed by atoms with Crippen molar-refractivity contribution in [1.82, 2.24) is 0 Å². The van der Waals surface area contributed by atoms with E-state index in [4.69, 9.17) is 0 Å². The van der Waals surface area contributed by atoms with Crippen molar-refractivity contribution in [2.24, 2.45) is 0 Å². The molecule has 0 aliphatic heterocycles. The lowest BCUT2D eigenvalue weighted by atomic mass is 9.64. The van der Waals surface area contributed by atoms with Crippen LogP contribution < -0.4 is 0 Å². The monoisotopic (exact) mass is 438 g/mol. The molecule has 0 fully saturated rings. The molecule has 0 saturated heterocycles. The van der Waals surface area contributed by atoms with Crippen molar-refractivity contribution in [2.75, 3.05) is 0 Å². The number of phenols is 2. The van der Waals surface area contributed by atoms with Gasteiger partial charge in [-0.25, -0.2) is 0 Å². The molecule has 0 saturated carbocycles. The Morgan fingerprint density at radius 1 is 0.485 bits per heavy atom. The lowest BCUT2D eigenvalue weighted by Crippen LogP contribution is -2.31. The van der Waals surface area contributed by atoms with Gasteiger partial charge in [-0.15, -0.1) is 0 Å². The maximum absolute atomic E-state index is 10.7. The predicted octanol–water partition coefficient (Wildman–Crippen LogP) is 7.74. The zero-order chi connectivity index (χ0) is 24.2. The first-order valence-electron chi connectivity index (χ1n) is 11.6. The second kappa shape index (κ2) is 9.95. The Hall–Kier alpha value is -3.52. The summed E-state index contributed by atoms with van der Waals surface area (Å²) in [7, 11) is 0. The zero-order valence-electron chi connectivity index (χ0n) is 20.5. The lowest BCUT2D eigenvalue weighted by molar-refractivity contribution is 0.469. The molecule has 0 spiro atoms. The van der Waals surface area contributed by atoms with E-state index in [0.717, 1.165) is 27.8 Å². The molecule has 4 rings (SSSR count). The van der Waals surface area contributed by atoms with Gasteiger partial charge in [0.15, 0.2) is 0 Å². The number of aryl methyl sites for hydroxylation is 4. The summed E-state index contributed by atoms with van der Waals surface area (Å²) in [4.78, 5) is 0. The highest BCUT2D eigenvalue weighted by molar-refractivity contribution is 5.62. The predicted molar refractivity (Wildman–Crippen MR) is 138 cm³/mol. The van der Waals surface area contributed by atoms with Gasteiger partial charge in [-0.3, -0.25) is 0 Å². The molecule has 0 amide bonds. The summed E-state index contributed by atoms with van der Waals surface area (Å²) in [6.07, 6.45) is 0. The van der Waals surface area contributed by atoms with Gasteiger partial charge in [0.2, 0.25) is 0 Å². The first-order valence-corrected chi connectivity index (χ1v) is 11.6. The molecule has 2 nitrogen and oxygen atoms in total. The van der Waals surface area contributed by atoms with Crippen LogP contribution in [-0.4, -0.2) is 10.2 Å². The van der Waals surface area contributed by atoms with E-state index in [1.807, 2.05) is 45.0 Å². The summed E-state index contributed by atoms with van der Waals surface area (Å²) >= 11 is 0. The SMILES string of the molecule is CC.Cc1ccc(C(c2ccc(O)cc2)(c2ccc(C)c(C)c2)c2ccc(C)c(O)c2)cc1. The van der Waals surface area contributed by atoms with Gasteiger partial charge in [-0.2, -0.15) is 0 Å². The summed E-state index contributed by atoms with van der Waals surface area (Å²) in [6.45, 7) is 12.2. The number of hydrogen-bond donors (Lipinski definition) is 2. The van der Waals surface area contributed by atoms with E-state index in [0.29, 0.717) is 0 Å². The van der Waals surface area contributed by atoms with Gasteiger partial charge in [0.25, 0.3) is 0 Å². The van der Waals surface area contributed by atoms with Crippen LogP contribution >= 0.6 is 0 Å². The van der Waals surface area contributed by atoms with E-state index >= 15 is 0 Å². The largest absolute Gasteiger partial charge is 0.508 e. The highest BCUT2D eigenvalue weighted by Crippen LogP contribution is 2.47. The number of benzene rings is 4. The molecule has 0 radical (unpaired) electrons. The molecular formula is C31H34O2. The Kier molecular flexibility index (Phi) is 7.28. The van der Waals surface area contributed by atoms with Crippen molar-refractivity contribution >= 4 is 0 Å². The van der Waals surface area contributed by atoms with E-state index in [1.54, 1.807) is 12.1 Å². The number of aromatic hydroxyl groups is 2. The van der Waals surface area contributed by atoms with Crippen molar-refractivity contribution in [1.29, 1.82) is 0 Å². The molecule has 0 aliphatic rings. The summed E-state index contributed by atoms with van der Waals surface area (Å²) in [5.74, 6) is 0.505. The van der Waals surface area contributed by atoms with Crippen LogP contribution in [0, 0.1) is 27.7 Å². The minimum absolute atomic E-state index is 0.230. The molecule has 4 aromatic rings. The van der Waals surface area contributed by atoms with Gasteiger partial charge in [0, 0.05) is 0 Å². The molecule has 0 heterocycles. The topological polar surface area (TPSA) is 40.5 Å². The fourth-order valence-electron chi connectivity index (χ4n) is 4.33. The van der Waals surface area contributed by atoms with Gasteiger partial charge in [0.1, 0.15) is 11.5 Å². The molecule has 170 valence electrons. The third-order valence-electron chi connectivity index (χ3n) is 6.37. The second-order valence-corrected chi connectivity index (χ2v) is 8.46. The Labute approximate surface area is 198 Å². The molecule has 2 heteroatoms. The standard InChI is InChI=1S/C29H28O2.C2H6/c1-19-5-9-23(10-6-19)29(24-13-15-27(30)16-14-24,25-11-7-20(2)22(4)17-25)26-12-8-21(3)28(31)18-26;1-2/h5-18,30-31H,1-4H3;1-2H3. The highest BCUT2D eigenvalue weighted by Gasteiger charge is 2.39. The van der Waals surface area contributed by atoms with Gasteiger partial charge in [-0.05, 0) is 84.8 Å². The van der Waals surface area contributed by atoms with E-state index < -0.39 is 5.41 Å². The first-order chi connectivity index (χ1) is 15.8. The number of phenolic OH excluding ortho intramolecular Hbond substituents is 2. The van der Waals surface area contributed by atoms with Crippen LogP contribution in [0.25, 0.3) is 0 Å². The molecule has 4 aromatic carbocycles. The van der Waals surface area contributed by atoms with Gasteiger partial charge in [0.05, 0.1) is 5.41 Å². The van der Waals surface area contributed by atoms with Crippen LogP contribution in [0.15, 0.2) is 84.9 Å². The van der Waals surface area contributed by atoms with Crippen LogP contribution in [-0.2, 0) is 5.41 Å². The van der Waals surface area contributed by atoms with Crippen molar-refractivity contribution in [2.45, 2.75) is 47.0 Å². The summed E-state index contributed by atoms with van der Waals surface area (Å²) < 4.78 is 0. The van der Waals surface area contributed by atoms with Gasteiger partial charge in [-0.1, -0.05) is 86.1 Å². The molecule has 0 bridgehead atoms. The van der Waals surface area contributed by atoms with Crippen LogP contribution in [0.1, 0.15) is 58.4 Å². The molecule has 1 unspecified atom stereocenters. The van der Waals surface area contributed by atoms with Crippen LogP contribution in [0.5, 0.6) is 11.5 Å². The summed E-state index contributed by atoms with van der Waals surface area (Å²) in [5, 5.41) is 20.6. The minimum atomic E-state index is -0.648.